The molecule has 4 aromatic carbocycles. The second kappa shape index (κ2) is 13.2. The summed E-state index contributed by atoms with van der Waals surface area (Å²) in [7, 11) is 0. The molecule has 0 heterocycles. The lowest BCUT2D eigenvalue weighted by Gasteiger charge is -2.32. The van der Waals surface area contributed by atoms with E-state index in [1.807, 2.05) is 91.0 Å². The van der Waals surface area contributed by atoms with Gasteiger partial charge in [0.2, 0.25) is 5.91 Å². The van der Waals surface area contributed by atoms with E-state index in [0.717, 1.165) is 48.1 Å². The molecule has 5 rings (SSSR count). The molecule has 2 amide bonds. The van der Waals surface area contributed by atoms with Gasteiger partial charge >= 0.3 is 0 Å². The van der Waals surface area contributed by atoms with Gasteiger partial charge in [0.1, 0.15) is 0 Å². The molecule has 40 heavy (non-hydrogen) atoms. The Kier molecular flexibility index (Phi) is 9.04. The smallest absolute Gasteiger partial charge is 0.258 e. The number of hydrogen-bond donors (Lipinski definition) is 2. The summed E-state index contributed by atoms with van der Waals surface area (Å²) >= 11 is 0. The minimum atomic E-state index is -0.412. The van der Waals surface area contributed by atoms with Crippen molar-refractivity contribution in [3.05, 3.63) is 138 Å². The number of carbonyl (C=O) groups is 2. The van der Waals surface area contributed by atoms with Crippen LogP contribution in [0.25, 0.3) is 0 Å². The fraction of sp³-hybridized carbons (Fsp3) is 0.257. The molecule has 5 heteroatoms. The Labute approximate surface area is 236 Å². The summed E-state index contributed by atoms with van der Waals surface area (Å²) in [5.74, 6) is -0.0657. The molecule has 0 saturated heterocycles. The van der Waals surface area contributed by atoms with Gasteiger partial charge in [0.15, 0.2) is 0 Å². The van der Waals surface area contributed by atoms with Crippen LogP contribution in [0.3, 0.4) is 0 Å². The second-order valence-corrected chi connectivity index (χ2v) is 10.5. The van der Waals surface area contributed by atoms with Gasteiger partial charge in [-0.15, -0.1) is 0 Å². The Balaban J connectivity index is 1.32. The summed E-state index contributed by atoms with van der Waals surface area (Å²) in [4.78, 5) is 28.7. The first kappa shape index (κ1) is 27.4. The quantitative estimate of drug-likeness (QED) is 0.253. The highest BCUT2D eigenvalue weighted by atomic mass is 16.3. The van der Waals surface area contributed by atoms with Gasteiger partial charge < -0.3 is 15.3 Å². The number of amides is 2. The number of rotatable bonds is 9. The summed E-state index contributed by atoms with van der Waals surface area (Å²) in [5.41, 5.74) is 4.57. The Bertz CT molecular complexity index is 1370. The predicted octanol–water partition coefficient (Wildman–Crippen LogP) is 6.66. The molecule has 0 spiro atoms. The van der Waals surface area contributed by atoms with Gasteiger partial charge in [0.05, 0.1) is 19.2 Å². The zero-order valence-electron chi connectivity index (χ0n) is 22.7. The Hall–Kier alpha value is -4.22. The maximum atomic E-state index is 13.5. The molecule has 2 N–H and O–H groups in total. The number of carbonyl (C=O) groups excluding carboxylic acids is 2. The third-order valence-electron chi connectivity index (χ3n) is 7.89. The Morgan fingerprint density at radius 1 is 0.775 bits per heavy atom. The number of para-hydroxylation sites is 1. The average Bonchev–Trinajstić information content (AvgIpc) is 3.03. The molecule has 1 aliphatic carbocycles. The lowest BCUT2D eigenvalue weighted by Crippen LogP contribution is -2.39. The first-order chi connectivity index (χ1) is 19.6. The minimum Gasteiger partial charge on any atom is -0.394 e. The molecule has 1 saturated carbocycles. The van der Waals surface area contributed by atoms with E-state index in [0.29, 0.717) is 12.1 Å². The molecule has 0 aliphatic heterocycles. The van der Waals surface area contributed by atoms with Gasteiger partial charge in [0, 0.05) is 17.2 Å². The van der Waals surface area contributed by atoms with Crippen LogP contribution in [-0.4, -0.2) is 23.5 Å². The topological polar surface area (TPSA) is 69.6 Å². The lowest BCUT2D eigenvalue weighted by atomic mass is 9.74. The van der Waals surface area contributed by atoms with E-state index in [1.165, 1.54) is 0 Å². The van der Waals surface area contributed by atoms with Crippen molar-refractivity contribution in [2.45, 2.75) is 44.2 Å². The van der Waals surface area contributed by atoms with Crippen LogP contribution in [0.5, 0.6) is 0 Å². The zero-order valence-corrected chi connectivity index (χ0v) is 22.7. The zero-order chi connectivity index (χ0) is 27.7. The van der Waals surface area contributed by atoms with Gasteiger partial charge in [-0.25, -0.2) is 0 Å². The number of hydrogen-bond acceptors (Lipinski definition) is 3. The van der Waals surface area contributed by atoms with E-state index < -0.39 is 6.04 Å². The molecule has 1 fully saturated rings. The molecule has 1 aliphatic rings. The van der Waals surface area contributed by atoms with Crippen molar-refractivity contribution in [3.8, 4) is 0 Å². The summed E-state index contributed by atoms with van der Waals surface area (Å²) < 4.78 is 0. The first-order valence-corrected chi connectivity index (χ1v) is 14.1. The molecule has 204 valence electrons. The fourth-order valence-corrected chi connectivity index (χ4v) is 5.72. The van der Waals surface area contributed by atoms with Crippen molar-refractivity contribution in [1.29, 1.82) is 0 Å². The predicted molar refractivity (Wildman–Crippen MR) is 159 cm³/mol. The SMILES string of the molecule is O=C(NC(CO)c1ccccc1)C1CCCCC1c1ccc(CN(C(=O)c2ccccc2)c2ccccc2)cc1. The van der Waals surface area contributed by atoms with Crippen molar-refractivity contribution in [3.63, 3.8) is 0 Å². The van der Waals surface area contributed by atoms with Gasteiger partial charge in [-0.2, -0.15) is 0 Å². The summed E-state index contributed by atoms with van der Waals surface area (Å²) in [6.07, 6.45) is 3.90. The van der Waals surface area contributed by atoms with E-state index in [1.54, 1.807) is 4.90 Å². The lowest BCUT2D eigenvalue weighted by molar-refractivity contribution is -0.127. The third-order valence-corrected chi connectivity index (χ3v) is 7.89. The van der Waals surface area contributed by atoms with Gasteiger partial charge in [-0.3, -0.25) is 9.59 Å². The van der Waals surface area contributed by atoms with E-state index >= 15 is 0 Å². The highest BCUT2D eigenvalue weighted by Crippen LogP contribution is 2.38. The van der Waals surface area contributed by atoms with E-state index in [2.05, 4.69) is 29.6 Å². The first-order valence-electron chi connectivity index (χ1n) is 14.1. The van der Waals surface area contributed by atoms with E-state index in [4.69, 9.17) is 0 Å². The van der Waals surface area contributed by atoms with E-state index in [9.17, 15) is 14.7 Å². The number of nitrogens with one attached hydrogen (secondary N) is 1. The van der Waals surface area contributed by atoms with Crippen LogP contribution in [0.1, 0.15) is 64.7 Å². The minimum absolute atomic E-state index is 0.000361. The van der Waals surface area contributed by atoms with Crippen LogP contribution in [0.4, 0.5) is 5.69 Å². The highest BCUT2D eigenvalue weighted by molar-refractivity contribution is 6.06. The number of aliphatic hydroxyl groups is 1. The molecule has 3 atom stereocenters. The maximum absolute atomic E-state index is 13.5. The Morgan fingerprint density at radius 2 is 1.38 bits per heavy atom. The number of aliphatic hydroxyl groups excluding tert-OH is 1. The normalized spacial score (nSPS) is 17.5. The average molecular weight is 533 g/mol. The van der Waals surface area contributed by atoms with Gasteiger partial charge in [-0.1, -0.05) is 104 Å². The molecule has 0 aromatic heterocycles. The summed E-state index contributed by atoms with van der Waals surface area (Å²) in [5, 5.41) is 13.1. The number of benzene rings is 4. The van der Waals surface area contributed by atoms with Gasteiger partial charge in [0.25, 0.3) is 5.91 Å². The maximum Gasteiger partial charge on any atom is 0.258 e. The van der Waals surface area contributed by atoms with Crippen molar-refractivity contribution >= 4 is 17.5 Å². The Morgan fingerprint density at radius 3 is 2.02 bits per heavy atom. The van der Waals surface area contributed by atoms with Crippen molar-refractivity contribution in [2.24, 2.45) is 5.92 Å². The standard InChI is InChI=1S/C35H36N2O3/c38-25-33(28-12-4-1-5-13-28)36-34(39)32-19-11-10-18-31(32)27-22-20-26(21-23-27)24-37(30-16-8-3-9-17-30)35(40)29-14-6-2-7-15-29/h1-9,12-17,20-23,31-33,38H,10-11,18-19,24-25H2,(H,36,39). The molecule has 4 aromatic rings. The fourth-order valence-electron chi connectivity index (χ4n) is 5.72. The summed E-state index contributed by atoms with van der Waals surface area (Å²) in [6, 6.07) is 36.7. The van der Waals surface area contributed by atoms with Crippen LogP contribution in [0.15, 0.2) is 115 Å². The van der Waals surface area contributed by atoms with Crippen LogP contribution in [-0.2, 0) is 11.3 Å². The molecule has 3 unspecified atom stereocenters. The van der Waals surface area contributed by atoms with Crippen molar-refractivity contribution < 1.29 is 14.7 Å². The van der Waals surface area contributed by atoms with Crippen LogP contribution in [0, 0.1) is 5.92 Å². The van der Waals surface area contributed by atoms with Crippen LogP contribution < -0.4 is 10.2 Å². The molecular formula is C35H36N2O3. The molecular weight excluding hydrogens is 496 g/mol. The largest absolute Gasteiger partial charge is 0.394 e. The summed E-state index contributed by atoms with van der Waals surface area (Å²) in [6.45, 7) is 0.309. The van der Waals surface area contributed by atoms with Crippen molar-refractivity contribution in [2.75, 3.05) is 11.5 Å². The third kappa shape index (κ3) is 6.49. The molecule has 0 radical (unpaired) electrons. The molecule has 0 bridgehead atoms. The van der Waals surface area contributed by atoms with Gasteiger partial charge in [-0.05, 0) is 59.7 Å². The second-order valence-electron chi connectivity index (χ2n) is 10.5. The monoisotopic (exact) mass is 532 g/mol. The molecule has 5 nitrogen and oxygen atoms in total. The van der Waals surface area contributed by atoms with Crippen molar-refractivity contribution in [1.82, 2.24) is 5.32 Å². The van der Waals surface area contributed by atoms with Crippen LogP contribution in [0.2, 0.25) is 0 Å². The van der Waals surface area contributed by atoms with E-state index in [-0.39, 0.29) is 30.3 Å². The van der Waals surface area contributed by atoms with Crippen LogP contribution >= 0.6 is 0 Å². The highest BCUT2D eigenvalue weighted by Gasteiger charge is 2.33. The number of anilines is 1. The number of nitrogens with zero attached hydrogens (tertiary/aromatic N) is 1.